The van der Waals surface area contributed by atoms with Crippen LogP contribution in [0.25, 0.3) is 0 Å². The van der Waals surface area contributed by atoms with Gasteiger partial charge >= 0.3 is 6.09 Å². The van der Waals surface area contributed by atoms with Crippen molar-refractivity contribution in [1.82, 2.24) is 4.90 Å². The molecule has 1 aromatic carbocycles. The SMILES string of the molecule is CCCCCCCCCCCCCCCCCC(=O)Nc1ccc(C)c(NC(=O)C(C(=O)C(C)(C)C)N2C(=O)OC(C)(C)C2=O)c1. The molecule has 1 fully saturated rings. The summed E-state index contributed by atoms with van der Waals surface area (Å²) in [6, 6.07) is 3.41. The number of rotatable bonds is 21. The number of anilines is 2. The maximum Gasteiger partial charge on any atom is 0.418 e. The molecule has 1 saturated heterocycles. The van der Waals surface area contributed by atoms with Crippen molar-refractivity contribution in [2.45, 2.75) is 163 Å². The number of amides is 4. The summed E-state index contributed by atoms with van der Waals surface area (Å²) in [5.41, 5.74) is -0.955. The van der Waals surface area contributed by atoms with Crippen molar-refractivity contribution in [3.05, 3.63) is 23.8 Å². The van der Waals surface area contributed by atoms with E-state index in [-0.39, 0.29) is 5.91 Å². The number of carbonyl (C=O) groups is 5. The van der Waals surface area contributed by atoms with Crippen LogP contribution in [-0.2, 0) is 23.9 Å². The maximum absolute atomic E-state index is 13.5. The third-order valence-electron chi connectivity index (χ3n) is 8.55. The van der Waals surface area contributed by atoms with Crippen molar-refractivity contribution in [2.75, 3.05) is 10.6 Å². The largest absolute Gasteiger partial charge is 0.433 e. The zero-order valence-electron chi connectivity index (χ0n) is 29.5. The van der Waals surface area contributed by atoms with Gasteiger partial charge in [0.25, 0.3) is 11.8 Å². The zero-order valence-corrected chi connectivity index (χ0v) is 29.5. The van der Waals surface area contributed by atoms with Crippen molar-refractivity contribution in [3.63, 3.8) is 0 Å². The second-order valence-electron chi connectivity index (χ2n) is 14.3. The van der Waals surface area contributed by atoms with Gasteiger partial charge in [0.1, 0.15) is 0 Å². The van der Waals surface area contributed by atoms with Crippen LogP contribution in [0.3, 0.4) is 0 Å². The van der Waals surface area contributed by atoms with Gasteiger partial charge in [-0.2, -0.15) is 0 Å². The number of hydrogen-bond donors (Lipinski definition) is 2. The maximum atomic E-state index is 13.5. The molecule has 9 heteroatoms. The molecule has 9 nitrogen and oxygen atoms in total. The van der Waals surface area contributed by atoms with Crippen molar-refractivity contribution in [1.29, 1.82) is 0 Å². The third kappa shape index (κ3) is 12.5. The Bertz CT molecular complexity index is 1190. The summed E-state index contributed by atoms with van der Waals surface area (Å²) in [7, 11) is 0. The number of imide groups is 1. The molecular weight excluding hydrogens is 582 g/mol. The van der Waals surface area contributed by atoms with Crippen LogP contribution >= 0.6 is 0 Å². The van der Waals surface area contributed by atoms with E-state index in [0.29, 0.717) is 28.3 Å². The van der Waals surface area contributed by atoms with Crippen LogP contribution in [0.5, 0.6) is 0 Å². The second-order valence-corrected chi connectivity index (χ2v) is 14.3. The minimum Gasteiger partial charge on any atom is -0.433 e. The molecule has 2 rings (SSSR count). The van der Waals surface area contributed by atoms with Crippen molar-refractivity contribution in [3.8, 4) is 0 Å². The molecular formula is C37H59N3O6. The lowest BCUT2D eigenvalue weighted by Crippen LogP contribution is -2.55. The molecule has 1 atom stereocenters. The van der Waals surface area contributed by atoms with Gasteiger partial charge in [0.15, 0.2) is 17.4 Å². The molecule has 1 heterocycles. The number of ether oxygens (including phenoxy) is 1. The number of nitrogens with one attached hydrogen (secondary N) is 2. The molecule has 0 aromatic heterocycles. The average molecular weight is 642 g/mol. The van der Waals surface area contributed by atoms with Crippen LogP contribution in [-0.4, -0.2) is 46.1 Å². The summed E-state index contributed by atoms with van der Waals surface area (Å²) in [5, 5.41) is 5.60. The van der Waals surface area contributed by atoms with E-state index in [2.05, 4.69) is 17.6 Å². The third-order valence-corrected chi connectivity index (χ3v) is 8.55. The Balaban J connectivity index is 1.80. The Hall–Kier alpha value is -3.23. The number of carbonyl (C=O) groups excluding carboxylic acids is 5. The van der Waals surface area contributed by atoms with E-state index in [1.807, 2.05) is 0 Å². The summed E-state index contributed by atoms with van der Waals surface area (Å²) in [6.07, 6.45) is 18.3. The van der Waals surface area contributed by atoms with Crippen molar-refractivity contribution >= 4 is 41.0 Å². The number of unbranched alkanes of at least 4 members (excludes halogenated alkanes) is 14. The monoisotopic (exact) mass is 641 g/mol. The summed E-state index contributed by atoms with van der Waals surface area (Å²) in [5.74, 6) is -2.29. The minimum absolute atomic E-state index is 0.107. The second kappa shape index (κ2) is 18.8. The lowest BCUT2D eigenvalue weighted by molar-refractivity contribution is -0.145. The fraction of sp³-hybridized carbons (Fsp3) is 0.703. The molecule has 1 aromatic rings. The number of cyclic esters (lactones) is 1. The first kappa shape index (κ1) is 39.0. The topological polar surface area (TPSA) is 122 Å². The molecule has 258 valence electrons. The Morgan fingerprint density at radius 1 is 0.804 bits per heavy atom. The standard InChI is InChI=1S/C37H59N3O6/c1-8-9-10-11-12-13-14-15-16-17-18-19-20-21-22-23-30(41)38-28-25-24-27(2)29(26-28)39-33(43)31(32(42)36(3,4)5)40-34(44)37(6,7)46-35(40)45/h24-26,31H,8-23H2,1-7H3,(H,38,41)(H,39,43). The Morgan fingerprint density at radius 3 is 1.76 bits per heavy atom. The van der Waals surface area contributed by atoms with Gasteiger partial charge in [-0.3, -0.25) is 19.2 Å². The highest BCUT2D eigenvalue weighted by Crippen LogP contribution is 2.30. The minimum atomic E-state index is -1.70. The van der Waals surface area contributed by atoms with Gasteiger partial charge in [0.05, 0.1) is 0 Å². The number of nitrogens with zero attached hydrogens (tertiary/aromatic N) is 1. The first-order chi connectivity index (χ1) is 21.7. The molecule has 0 bridgehead atoms. The highest BCUT2D eigenvalue weighted by molar-refractivity contribution is 6.19. The molecule has 2 N–H and O–H groups in total. The van der Waals surface area contributed by atoms with Crippen molar-refractivity contribution in [2.24, 2.45) is 5.41 Å². The van der Waals surface area contributed by atoms with Gasteiger partial charge in [0, 0.05) is 23.2 Å². The number of Topliss-reactive ketones (excluding diaryl/α,β-unsaturated/α-hetero) is 1. The van der Waals surface area contributed by atoms with Crippen LogP contribution in [0.1, 0.15) is 150 Å². The molecule has 46 heavy (non-hydrogen) atoms. The van der Waals surface area contributed by atoms with Gasteiger partial charge in [-0.1, -0.05) is 124 Å². The van der Waals surface area contributed by atoms with E-state index < -0.39 is 40.7 Å². The lowest BCUT2D eigenvalue weighted by atomic mass is 9.85. The molecule has 1 unspecified atom stereocenters. The van der Waals surface area contributed by atoms with Gasteiger partial charge in [-0.15, -0.1) is 0 Å². The van der Waals surface area contributed by atoms with E-state index in [0.717, 1.165) is 19.3 Å². The highest BCUT2D eigenvalue weighted by Gasteiger charge is 2.55. The average Bonchev–Trinajstić information content (AvgIpc) is 3.18. The van der Waals surface area contributed by atoms with E-state index >= 15 is 0 Å². The summed E-state index contributed by atoms with van der Waals surface area (Å²) in [6.45, 7) is 11.7. The van der Waals surface area contributed by atoms with Gasteiger partial charge in [-0.25, -0.2) is 9.69 Å². The van der Waals surface area contributed by atoms with Crippen LogP contribution in [0.15, 0.2) is 18.2 Å². The number of hydrogen-bond acceptors (Lipinski definition) is 6. The smallest absolute Gasteiger partial charge is 0.418 e. The summed E-state index contributed by atoms with van der Waals surface area (Å²) in [4.78, 5) is 65.7. The van der Waals surface area contributed by atoms with E-state index in [1.165, 1.54) is 90.9 Å². The zero-order chi connectivity index (χ0) is 34.3. The van der Waals surface area contributed by atoms with Gasteiger partial charge in [0.2, 0.25) is 5.91 Å². The predicted molar refractivity (Wildman–Crippen MR) is 184 cm³/mol. The number of aryl methyl sites for hydroxylation is 1. The fourth-order valence-electron chi connectivity index (χ4n) is 5.59. The molecule has 0 saturated carbocycles. The quantitative estimate of drug-likeness (QED) is 0.102. The molecule has 0 aliphatic carbocycles. The molecule has 1 aliphatic rings. The Labute approximate surface area is 277 Å². The summed E-state index contributed by atoms with van der Waals surface area (Å²) < 4.78 is 5.15. The predicted octanol–water partition coefficient (Wildman–Crippen LogP) is 8.87. The Morgan fingerprint density at radius 2 is 1.30 bits per heavy atom. The van der Waals surface area contributed by atoms with Crippen LogP contribution in [0.2, 0.25) is 0 Å². The first-order valence-corrected chi connectivity index (χ1v) is 17.5. The summed E-state index contributed by atoms with van der Waals surface area (Å²) >= 11 is 0. The van der Waals surface area contributed by atoms with Gasteiger partial charge < -0.3 is 15.4 Å². The molecule has 4 amide bonds. The van der Waals surface area contributed by atoms with Crippen LogP contribution in [0.4, 0.5) is 16.2 Å². The molecule has 0 radical (unpaired) electrons. The van der Waals surface area contributed by atoms with Crippen molar-refractivity contribution < 1.29 is 28.7 Å². The molecule has 1 aliphatic heterocycles. The highest BCUT2D eigenvalue weighted by atomic mass is 16.6. The lowest BCUT2D eigenvalue weighted by Gasteiger charge is -2.28. The number of benzene rings is 1. The molecule has 0 spiro atoms. The Kier molecular flexibility index (Phi) is 15.9. The first-order valence-electron chi connectivity index (χ1n) is 17.5. The number of ketones is 1. The fourth-order valence-corrected chi connectivity index (χ4v) is 5.59. The normalized spacial score (nSPS) is 15.1. The van der Waals surface area contributed by atoms with Crippen LogP contribution < -0.4 is 10.6 Å². The van der Waals surface area contributed by atoms with E-state index in [9.17, 15) is 24.0 Å². The van der Waals surface area contributed by atoms with Crippen LogP contribution in [0, 0.1) is 12.3 Å². The van der Waals surface area contributed by atoms with E-state index in [1.54, 1.807) is 45.9 Å². The van der Waals surface area contributed by atoms with E-state index in [4.69, 9.17) is 4.74 Å². The van der Waals surface area contributed by atoms with Gasteiger partial charge in [-0.05, 0) is 44.9 Å².